The van der Waals surface area contributed by atoms with Crippen LogP contribution in [0.15, 0.2) is 24.3 Å². The largest absolute Gasteiger partial charge is 0.374 e. The van der Waals surface area contributed by atoms with Gasteiger partial charge in [-0.1, -0.05) is 38.0 Å². The standard InChI is InChI=1S/C16H26N2/c1-3-15(17)14-10-6-7-11-16(14)18(2)12-13-8-4-5-9-13/h6-7,10-11,13,15H,3-5,8-9,12,17H2,1-2H3/t15-/m1/s1. The summed E-state index contributed by atoms with van der Waals surface area (Å²) in [4.78, 5) is 2.40. The van der Waals surface area contributed by atoms with E-state index in [9.17, 15) is 0 Å². The Morgan fingerprint density at radius 2 is 1.94 bits per heavy atom. The molecule has 100 valence electrons. The smallest absolute Gasteiger partial charge is 0.0412 e. The molecule has 0 saturated heterocycles. The van der Waals surface area contributed by atoms with Crippen LogP contribution >= 0.6 is 0 Å². The van der Waals surface area contributed by atoms with Gasteiger partial charge in [0.2, 0.25) is 0 Å². The molecule has 0 radical (unpaired) electrons. The highest BCUT2D eigenvalue weighted by molar-refractivity contribution is 5.54. The summed E-state index contributed by atoms with van der Waals surface area (Å²) in [7, 11) is 2.21. The van der Waals surface area contributed by atoms with Gasteiger partial charge in [-0.2, -0.15) is 0 Å². The van der Waals surface area contributed by atoms with Gasteiger partial charge in [-0.15, -0.1) is 0 Å². The first-order chi connectivity index (χ1) is 8.72. The summed E-state index contributed by atoms with van der Waals surface area (Å²) in [6.45, 7) is 3.33. The number of nitrogens with two attached hydrogens (primary N) is 1. The van der Waals surface area contributed by atoms with Crippen molar-refractivity contribution < 1.29 is 0 Å². The highest BCUT2D eigenvalue weighted by atomic mass is 15.1. The molecular weight excluding hydrogens is 220 g/mol. The highest BCUT2D eigenvalue weighted by Gasteiger charge is 2.19. The zero-order valence-corrected chi connectivity index (χ0v) is 11.7. The molecule has 1 atom stereocenters. The number of rotatable bonds is 5. The Morgan fingerprint density at radius 1 is 1.28 bits per heavy atom. The molecule has 1 aromatic rings. The predicted octanol–water partition coefficient (Wildman–Crippen LogP) is 3.72. The molecule has 0 unspecified atom stereocenters. The minimum Gasteiger partial charge on any atom is -0.374 e. The molecule has 1 aromatic carbocycles. The first-order valence-corrected chi connectivity index (χ1v) is 7.28. The third kappa shape index (κ3) is 3.05. The lowest BCUT2D eigenvalue weighted by Gasteiger charge is -2.27. The first-order valence-electron chi connectivity index (χ1n) is 7.28. The molecule has 0 heterocycles. The van der Waals surface area contributed by atoms with Gasteiger partial charge in [0.05, 0.1) is 0 Å². The summed E-state index contributed by atoms with van der Waals surface area (Å²) in [5.74, 6) is 0.876. The molecule has 1 saturated carbocycles. The van der Waals surface area contributed by atoms with Crippen LogP contribution in [-0.4, -0.2) is 13.6 Å². The second-order valence-corrected chi connectivity index (χ2v) is 5.60. The van der Waals surface area contributed by atoms with Crippen molar-refractivity contribution in [2.75, 3.05) is 18.5 Å². The van der Waals surface area contributed by atoms with E-state index in [0.717, 1.165) is 12.3 Å². The second kappa shape index (κ2) is 6.24. The monoisotopic (exact) mass is 246 g/mol. The highest BCUT2D eigenvalue weighted by Crippen LogP contribution is 2.30. The molecule has 0 bridgehead atoms. The van der Waals surface area contributed by atoms with Gasteiger partial charge >= 0.3 is 0 Å². The van der Waals surface area contributed by atoms with E-state index in [4.69, 9.17) is 5.73 Å². The van der Waals surface area contributed by atoms with Crippen LogP contribution < -0.4 is 10.6 Å². The lowest BCUT2D eigenvalue weighted by Crippen LogP contribution is -2.26. The molecule has 2 N–H and O–H groups in total. The Morgan fingerprint density at radius 3 is 2.61 bits per heavy atom. The second-order valence-electron chi connectivity index (χ2n) is 5.60. The van der Waals surface area contributed by atoms with Crippen LogP contribution in [0.25, 0.3) is 0 Å². The Balaban J connectivity index is 2.10. The Kier molecular flexibility index (Phi) is 4.65. The maximum absolute atomic E-state index is 6.21. The number of para-hydroxylation sites is 1. The van der Waals surface area contributed by atoms with Gasteiger partial charge in [0.25, 0.3) is 0 Å². The fourth-order valence-corrected chi connectivity index (χ4v) is 3.05. The van der Waals surface area contributed by atoms with Gasteiger partial charge in [-0.25, -0.2) is 0 Å². The van der Waals surface area contributed by atoms with Crippen LogP contribution in [0.3, 0.4) is 0 Å². The van der Waals surface area contributed by atoms with Crippen LogP contribution in [-0.2, 0) is 0 Å². The summed E-state index contributed by atoms with van der Waals surface area (Å²) in [6, 6.07) is 8.76. The van der Waals surface area contributed by atoms with Gasteiger partial charge in [0.1, 0.15) is 0 Å². The molecule has 1 fully saturated rings. The fraction of sp³-hybridized carbons (Fsp3) is 0.625. The number of nitrogens with zero attached hydrogens (tertiary/aromatic N) is 1. The molecule has 2 nitrogen and oxygen atoms in total. The molecule has 1 aliphatic rings. The maximum Gasteiger partial charge on any atom is 0.0412 e. The SMILES string of the molecule is CC[C@@H](N)c1ccccc1N(C)CC1CCCC1. The normalized spacial score (nSPS) is 17.9. The third-order valence-electron chi connectivity index (χ3n) is 4.19. The fourth-order valence-electron chi connectivity index (χ4n) is 3.05. The van der Waals surface area contributed by atoms with Gasteiger partial charge in [0.15, 0.2) is 0 Å². The summed E-state index contributed by atoms with van der Waals surface area (Å²) < 4.78 is 0. The number of anilines is 1. The van der Waals surface area contributed by atoms with Crippen molar-refractivity contribution in [1.29, 1.82) is 0 Å². The molecule has 18 heavy (non-hydrogen) atoms. The summed E-state index contributed by atoms with van der Waals surface area (Å²) >= 11 is 0. The molecule has 0 aliphatic heterocycles. The Labute approximate surface area is 111 Å². The number of benzene rings is 1. The Bertz CT molecular complexity index is 369. The van der Waals surface area contributed by atoms with E-state index in [1.54, 1.807) is 0 Å². The van der Waals surface area contributed by atoms with Crippen molar-refractivity contribution >= 4 is 5.69 Å². The van der Waals surface area contributed by atoms with E-state index < -0.39 is 0 Å². The van der Waals surface area contributed by atoms with E-state index in [0.29, 0.717) is 0 Å². The van der Waals surface area contributed by atoms with E-state index in [2.05, 4.69) is 43.1 Å². The number of hydrogen-bond donors (Lipinski definition) is 1. The van der Waals surface area contributed by atoms with Crippen molar-refractivity contribution in [3.8, 4) is 0 Å². The predicted molar refractivity (Wildman–Crippen MR) is 78.9 cm³/mol. The van der Waals surface area contributed by atoms with Crippen LogP contribution in [0.5, 0.6) is 0 Å². The topological polar surface area (TPSA) is 29.3 Å². The van der Waals surface area contributed by atoms with Crippen molar-refractivity contribution in [3.05, 3.63) is 29.8 Å². The summed E-state index contributed by atoms with van der Waals surface area (Å²) in [5, 5.41) is 0. The van der Waals surface area contributed by atoms with Crippen LogP contribution in [0.2, 0.25) is 0 Å². The van der Waals surface area contributed by atoms with Crippen molar-refractivity contribution in [2.24, 2.45) is 11.7 Å². The molecular formula is C16H26N2. The third-order valence-corrected chi connectivity index (χ3v) is 4.19. The van der Waals surface area contributed by atoms with Gasteiger partial charge in [0, 0.05) is 25.3 Å². The van der Waals surface area contributed by atoms with Crippen molar-refractivity contribution in [2.45, 2.75) is 45.1 Å². The molecule has 2 rings (SSSR count). The quantitative estimate of drug-likeness (QED) is 0.858. The molecule has 1 aliphatic carbocycles. The van der Waals surface area contributed by atoms with Gasteiger partial charge in [-0.3, -0.25) is 0 Å². The van der Waals surface area contributed by atoms with E-state index in [-0.39, 0.29) is 6.04 Å². The minimum atomic E-state index is 0.159. The lowest BCUT2D eigenvalue weighted by molar-refractivity contribution is 0.545. The lowest BCUT2D eigenvalue weighted by atomic mass is 10.0. The maximum atomic E-state index is 6.21. The molecule has 0 spiro atoms. The first kappa shape index (κ1) is 13.4. The summed E-state index contributed by atoms with van der Waals surface area (Å²) in [6.07, 6.45) is 6.61. The average Bonchev–Trinajstić information content (AvgIpc) is 2.90. The van der Waals surface area contributed by atoms with E-state index in [1.165, 1.54) is 43.5 Å². The van der Waals surface area contributed by atoms with E-state index >= 15 is 0 Å². The number of hydrogen-bond acceptors (Lipinski definition) is 2. The molecule has 0 amide bonds. The average molecular weight is 246 g/mol. The van der Waals surface area contributed by atoms with Crippen LogP contribution in [0, 0.1) is 5.92 Å². The molecule has 0 aromatic heterocycles. The van der Waals surface area contributed by atoms with Crippen molar-refractivity contribution in [1.82, 2.24) is 0 Å². The zero-order chi connectivity index (χ0) is 13.0. The van der Waals surface area contributed by atoms with Crippen LogP contribution in [0.1, 0.15) is 50.6 Å². The van der Waals surface area contributed by atoms with Gasteiger partial charge < -0.3 is 10.6 Å². The summed E-state index contributed by atoms with van der Waals surface area (Å²) in [5.41, 5.74) is 8.82. The Hall–Kier alpha value is -1.02. The zero-order valence-electron chi connectivity index (χ0n) is 11.7. The van der Waals surface area contributed by atoms with Crippen molar-refractivity contribution in [3.63, 3.8) is 0 Å². The van der Waals surface area contributed by atoms with E-state index in [1.807, 2.05) is 0 Å². The minimum absolute atomic E-state index is 0.159. The van der Waals surface area contributed by atoms with Gasteiger partial charge in [-0.05, 0) is 36.8 Å². The van der Waals surface area contributed by atoms with Crippen LogP contribution in [0.4, 0.5) is 5.69 Å². The molecule has 2 heteroatoms.